The second-order valence-electron chi connectivity index (χ2n) is 38.7. The molecule has 1 aromatic heterocycles. The number of benzene rings is 9. The third-order valence-electron chi connectivity index (χ3n) is 25.3. The van der Waals surface area contributed by atoms with Gasteiger partial charge in [0, 0.05) is 60.1 Å². The summed E-state index contributed by atoms with van der Waals surface area (Å²) in [6.07, 6.45) is 6.88. The summed E-state index contributed by atoms with van der Waals surface area (Å²) in [5, 5.41) is 1.37. The summed E-state index contributed by atoms with van der Waals surface area (Å²) >= 11 is 2.09. The maximum Gasteiger partial charge on any atom is 0.264 e. The van der Waals surface area contributed by atoms with E-state index < -0.39 is 0 Å². The Morgan fingerprint density at radius 3 is 1.40 bits per heavy atom. The molecule has 9 aromatic carbocycles. The van der Waals surface area contributed by atoms with Gasteiger partial charge in [0.2, 0.25) is 0 Å². The van der Waals surface area contributed by atoms with Gasteiger partial charge >= 0.3 is 0 Å². The van der Waals surface area contributed by atoms with E-state index in [1.165, 1.54) is 139 Å². The highest BCUT2D eigenvalue weighted by molar-refractivity contribution is 7.33. The van der Waals surface area contributed by atoms with Gasteiger partial charge in [-0.05, 0) is 249 Å². The van der Waals surface area contributed by atoms with Crippen molar-refractivity contribution in [1.82, 2.24) is 0 Å². The van der Waals surface area contributed by atoms with Crippen molar-refractivity contribution in [2.24, 2.45) is 0 Å². The smallest absolute Gasteiger partial charge is 0.264 e. The van der Waals surface area contributed by atoms with Crippen molar-refractivity contribution in [3.05, 3.63) is 237 Å². The second-order valence-corrected chi connectivity index (χ2v) is 39.8. The van der Waals surface area contributed by atoms with Crippen LogP contribution in [0.5, 0.6) is 0 Å². The summed E-state index contributed by atoms with van der Waals surface area (Å²) in [5.74, 6) is 0. The van der Waals surface area contributed by atoms with Gasteiger partial charge in [0.15, 0.2) is 0 Å². The highest BCUT2D eigenvalue weighted by Gasteiger charge is 2.50. The lowest BCUT2D eigenvalue weighted by Gasteiger charge is -2.48. The molecule has 0 unspecified atom stereocenters. The van der Waals surface area contributed by atoms with Gasteiger partial charge in [0.25, 0.3) is 6.71 Å². The molecule has 0 N–H and O–H groups in total. The maximum atomic E-state index is 2.82. The van der Waals surface area contributed by atoms with E-state index in [4.69, 9.17) is 0 Å². The molecule has 3 nitrogen and oxygen atoms in total. The van der Waals surface area contributed by atoms with Gasteiger partial charge < -0.3 is 14.7 Å². The molecule has 0 atom stereocenters. The molecule has 0 fully saturated rings. The number of rotatable bonds is 8. The molecule has 5 heteroatoms. The van der Waals surface area contributed by atoms with Gasteiger partial charge in [0.05, 0.1) is 11.4 Å². The van der Waals surface area contributed by atoms with E-state index in [0.717, 1.165) is 49.2 Å². The molecule has 514 valence electrons. The topological polar surface area (TPSA) is 9.72 Å². The van der Waals surface area contributed by atoms with Crippen molar-refractivity contribution in [1.29, 1.82) is 0 Å². The molecule has 10 aromatic rings. The van der Waals surface area contributed by atoms with E-state index in [1.54, 1.807) is 0 Å². The van der Waals surface area contributed by atoms with Crippen LogP contribution in [0.3, 0.4) is 0 Å². The monoisotopic (exact) mass is 1340 g/mol. The molecule has 0 amide bonds. The van der Waals surface area contributed by atoms with Gasteiger partial charge in [0.1, 0.15) is 0 Å². The number of anilines is 9. The number of hydrogen-bond acceptors (Lipinski definition) is 4. The molecule has 0 saturated heterocycles. The van der Waals surface area contributed by atoms with Gasteiger partial charge in [-0.15, -0.1) is 11.3 Å². The minimum Gasteiger partial charge on any atom is -0.311 e. The third-order valence-corrected chi connectivity index (χ3v) is 26.6. The van der Waals surface area contributed by atoms with Crippen molar-refractivity contribution >= 4 is 95.0 Å². The number of thiophene rings is 1. The van der Waals surface area contributed by atoms with E-state index in [0.29, 0.717) is 0 Å². The van der Waals surface area contributed by atoms with Crippen LogP contribution >= 0.6 is 11.3 Å². The Morgan fingerprint density at radius 2 is 0.850 bits per heavy atom. The quantitative estimate of drug-likeness (QED) is 0.140. The highest BCUT2D eigenvalue weighted by Crippen LogP contribution is 2.58. The maximum absolute atomic E-state index is 2.82. The molecule has 2 aliphatic heterocycles. The molecule has 100 heavy (non-hydrogen) atoms. The molecule has 3 heterocycles. The van der Waals surface area contributed by atoms with Gasteiger partial charge in [-0.25, -0.2) is 0 Å². The second kappa shape index (κ2) is 22.7. The van der Waals surface area contributed by atoms with Crippen molar-refractivity contribution in [3.8, 4) is 11.1 Å². The van der Waals surface area contributed by atoms with Crippen LogP contribution in [0, 0.1) is 0 Å². The normalized spacial score (nSPS) is 18.3. The van der Waals surface area contributed by atoms with Crippen LogP contribution in [0.2, 0.25) is 0 Å². The average Bonchev–Trinajstić information content (AvgIpc) is 1.30. The van der Waals surface area contributed by atoms with E-state index in [9.17, 15) is 0 Å². The number of nitrogens with zero attached hydrogens (tertiary/aromatic N) is 3. The van der Waals surface area contributed by atoms with Gasteiger partial charge in [-0.1, -0.05) is 256 Å². The van der Waals surface area contributed by atoms with E-state index >= 15 is 0 Å². The van der Waals surface area contributed by atoms with Gasteiger partial charge in [-0.2, -0.15) is 0 Å². The molecule has 0 saturated carbocycles. The average molecular weight is 1340 g/mol. The van der Waals surface area contributed by atoms with Crippen LogP contribution in [0.25, 0.3) is 21.2 Å². The lowest BCUT2D eigenvalue weighted by molar-refractivity contribution is 0.332. The molecular formula is C95H110BN3S. The molecule has 0 spiro atoms. The lowest BCUT2D eigenvalue weighted by Crippen LogP contribution is -2.61. The van der Waals surface area contributed by atoms with Crippen LogP contribution in [0.1, 0.15) is 259 Å². The first kappa shape index (κ1) is 68.2. The lowest BCUT2D eigenvalue weighted by atomic mass is 9.35. The molecule has 5 aliphatic rings. The molecule has 0 bridgehead atoms. The van der Waals surface area contributed by atoms with E-state index in [1.807, 2.05) is 0 Å². The Morgan fingerprint density at radius 1 is 0.370 bits per heavy atom. The molecular weight excluding hydrogens is 1230 g/mol. The zero-order valence-electron chi connectivity index (χ0n) is 64.8. The standard InChI is InChI=1S/C95H110BN3S/c1-86(2,3)62-48-63(87(4,5)6)50-67(49-62)98-79-57-76-75(92(16,17)45-46-93(76,18)19)56-78(79)96-83-80(98)53-68(97(64-36-34-61(35-37-64)95(22,23)60-32-28-25-29-33-60)65-38-40-71(88(7,8)9)69(51-65)59-30-26-24-27-31-59)54-81(83)99(66-39-41-72-73(52-66)90(12,13)43-42-89(72,10)11)84-70-55-74-77(58-82(70)100-85(84)96)94(20,21)47-44-91(74,14)15/h24-41,48-58H,42-47H2,1-23H3. The van der Waals surface area contributed by atoms with Crippen molar-refractivity contribution < 1.29 is 0 Å². The van der Waals surface area contributed by atoms with Crippen LogP contribution in [-0.2, 0) is 54.1 Å². The van der Waals surface area contributed by atoms with Crippen LogP contribution in [-0.4, -0.2) is 6.71 Å². The SMILES string of the molecule is CC(C)(C)c1cc(N2c3cc4c(cc3B3c5sc6cc7c(cc6c5N(c5ccc6c(c5)C(C)(C)CCC6(C)C)c5cc(N(c6ccc(C(C)(C)c8ccccc8)cc6)c6ccc(C(C)(C)C)c(-c8ccccc8)c6)cc2c53)C(C)(C)CCC7(C)C)C(C)(C)CCC4(C)C)cc(C(C)(C)C)c1. The predicted molar refractivity (Wildman–Crippen MR) is 436 cm³/mol. The fourth-order valence-electron chi connectivity index (χ4n) is 18.3. The summed E-state index contributed by atoms with van der Waals surface area (Å²) in [6.45, 7) is 56.4. The molecule has 3 aliphatic carbocycles. The fraction of sp³-hybridized carbons (Fsp3) is 0.411. The van der Waals surface area contributed by atoms with Gasteiger partial charge in [-0.3, -0.25) is 0 Å². The van der Waals surface area contributed by atoms with Crippen LogP contribution < -0.4 is 30.4 Å². The van der Waals surface area contributed by atoms with Crippen molar-refractivity contribution in [2.45, 2.75) is 252 Å². The summed E-state index contributed by atoms with van der Waals surface area (Å²) in [6, 6.07) is 70.8. The first-order chi connectivity index (χ1) is 46.7. The third kappa shape index (κ3) is 11.1. The summed E-state index contributed by atoms with van der Waals surface area (Å²) in [4.78, 5) is 8.24. The summed E-state index contributed by atoms with van der Waals surface area (Å²) in [7, 11) is 0. The summed E-state index contributed by atoms with van der Waals surface area (Å²) < 4.78 is 2.83. The number of hydrogen-bond donors (Lipinski definition) is 0. The van der Waals surface area contributed by atoms with Crippen LogP contribution in [0.15, 0.2) is 176 Å². The minimum atomic E-state index is -0.237. The van der Waals surface area contributed by atoms with Crippen molar-refractivity contribution in [3.63, 3.8) is 0 Å². The first-order valence-electron chi connectivity index (χ1n) is 37.7. The van der Waals surface area contributed by atoms with E-state index in [2.05, 4.69) is 361 Å². The Labute approximate surface area is 606 Å². The van der Waals surface area contributed by atoms with Crippen LogP contribution in [0.4, 0.5) is 51.2 Å². The highest BCUT2D eigenvalue weighted by atomic mass is 32.1. The predicted octanol–water partition coefficient (Wildman–Crippen LogP) is 25.4. The molecule has 15 rings (SSSR count). The Balaban J connectivity index is 1.13. The Hall–Kier alpha value is -7.60. The minimum absolute atomic E-state index is 0.00340. The Bertz CT molecular complexity index is 4900. The zero-order valence-corrected chi connectivity index (χ0v) is 65.6. The fourth-order valence-corrected chi connectivity index (χ4v) is 19.6. The largest absolute Gasteiger partial charge is 0.311 e. The zero-order chi connectivity index (χ0) is 71.4. The van der Waals surface area contributed by atoms with E-state index in [-0.39, 0.29) is 60.9 Å². The first-order valence-corrected chi connectivity index (χ1v) is 38.5. The van der Waals surface area contributed by atoms with Crippen molar-refractivity contribution in [2.75, 3.05) is 14.7 Å². The molecule has 0 radical (unpaired) electrons. The summed E-state index contributed by atoms with van der Waals surface area (Å²) in [5.41, 5.74) is 31.1. The Kier molecular flexibility index (Phi) is 15.5. The number of fused-ring (bicyclic) bond motifs is 9.